The molecule has 0 radical (unpaired) electrons. The molecule has 55 heavy (non-hydrogen) atoms. The molecule has 0 aliphatic heterocycles. The predicted octanol–water partition coefficient (Wildman–Crippen LogP) is 15.7. The predicted molar refractivity (Wildman–Crippen MR) is 244 cm³/mol. The smallest absolute Gasteiger partial charge is 0.220 e. The first kappa shape index (κ1) is 53.6. The van der Waals surface area contributed by atoms with Gasteiger partial charge in [0.1, 0.15) is 0 Å². The van der Waals surface area contributed by atoms with Gasteiger partial charge in [0.15, 0.2) is 0 Å². The summed E-state index contributed by atoms with van der Waals surface area (Å²) < 4.78 is 0. The molecule has 0 saturated heterocycles. The quantitative estimate of drug-likeness (QED) is 0.0426. The minimum Gasteiger partial charge on any atom is -0.394 e. The summed E-state index contributed by atoms with van der Waals surface area (Å²) in [6.07, 6.45) is 63.1. The van der Waals surface area contributed by atoms with E-state index in [2.05, 4.69) is 43.5 Å². The van der Waals surface area contributed by atoms with Crippen molar-refractivity contribution in [3.8, 4) is 0 Å². The molecule has 2 unspecified atom stereocenters. The van der Waals surface area contributed by atoms with Gasteiger partial charge in [0, 0.05) is 6.42 Å². The van der Waals surface area contributed by atoms with Gasteiger partial charge in [-0.1, -0.05) is 243 Å². The minimum absolute atomic E-state index is 0.0851. The van der Waals surface area contributed by atoms with Gasteiger partial charge >= 0.3 is 0 Å². The Labute approximate surface area is 344 Å². The Morgan fingerprint density at radius 2 is 0.745 bits per heavy atom. The second kappa shape index (κ2) is 47.0. The summed E-state index contributed by atoms with van der Waals surface area (Å²) in [5, 5.41) is 22.9. The largest absolute Gasteiger partial charge is 0.394 e. The minimum atomic E-state index is -0.864. The lowest BCUT2D eigenvalue weighted by atomic mass is 10.0. The maximum absolute atomic E-state index is 12.3. The number of hydrogen-bond acceptors (Lipinski definition) is 3. The number of aliphatic hydroxyl groups is 2. The number of amides is 1. The molecule has 0 rings (SSSR count). The molecule has 0 bridgehead atoms. The molecule has 1 amide bonds. The number of allylic oxidation sites excluding steroid dienone is 5. The molecular formula is C51H97NO3. The molecule has 0 aromatic carbocycles. The van der Waals surface area contributed by atoms with Crippen molar-refractivity contribution >= 4 is 5.91 Å². The van der Waals surface area contributed by atoms with Crippen LogP contribution in [-0.2, 0) is 4.79 Å². The van der Waals surface area contributed by atoms with Gasteiger partial charge in [-0.15, -0.1) is 0 Å². The highest BCUT2D eigenvalue weighted by molar-refractivity contribution is 5.76. The Morgan fingerprint density at radius 3 is 1.13 bits per heavy atom. The van der Waals surface area contributed by atoms with Crippen molar-refractivity contribution < 1.29 is 15.0 Å². The molecule has 0 aliphatic carbocycles. The summed E-state index contributed by atoms with van der Waals surface area (Å²) in [7, 11) is 0. The zero-order valence-electron chi connectivity index (χ0n) is 37.2. The third-order valence-electron chi connectivity index (χ3n) is 11.3. The van der Waals surface area contributed by atoms with Crippen molar-refractivity contribution in [1.29, 1.82) is 0 Å². The highest BCUT2D eigenvalue weighted by Crippen LogP contribution is 2.17. The number of carbonyl (C=O) groups excluding carboxylic acids is 1. The lowest BCUT2D eigenvalue weighted by Gasteiger charge is -2.19. The highest BCUT2D eigenvalue weighted by Gasteiger charge is 2.17. The Kier molecular flexibility index (Phi) is 45.8. The van der Waals surface area contributed by atoms with Crippen LogP contribution in [0.2, 0.25) is 0 Å². The summed E-state index contributed by atoms with van der Waals surface area (Å²) in [6.45, 7) is 4.24. The van der Waals surface area contributed by atoms with Crippen molar-refractivity contribution in [3.63, 3.8) is 0 Å². The lowest BCUT2D eigenvalue weighted by molar-refractivity contribution is -0.123. The van der Waals surface area contributed by atoms with E-state index in [1.807, 2.05) is 6.08 Å². The Bertz CT molecular complexity index is 836. The van der Waals surface area contributed by atoms with Crippen LogP contribution in [0.15, 0.2) is 36.5 Å². The molecule has 0 aliphatic rings. The monoisotopic (exact) mass is 772 g/mol. The van der Waals surface area contributed by atoms with Crippen LogP contribution in [0.3, 0.4) is 0 Å². The third kappa shape index (κ3) is 43.6. The van der Waals surface area contributed by atoms with Gasteiger partial charge < -0.3 is 15.5 Å². The fourth-order valence-corrected chi connectivity index (χ4v) is 7.55. The van der Waals surface area contributed by atoms with Crippen LogP contribution >= 0.6 is 0 Å². The van der Waals surface area contributed by atoms with Gasteiger partial charge in [-0.3, -0.25) is 4.79 Å². The molecule has 324 valence electrons. The fourth-order valence-electron chi connectivity index (χ4n) is 7.55. The van der Waals surface area contributed by atoms with E-state index in [0.717, 1.165) is 44.9 Å². The molecular weight excluding hydrogens is 675 g/mol. The van der Waals surface area contributed by atoms with E-state index in [1.165, 1.54) is 199 Å². The van der Waals surface area contributed by atoms with Gasteiger partial charge in [-0.25, -0.2) is 0 Å². The molecule has 0 fully saturated rings. The zero-order valence-corrected chi connectivity index (χ0v) is 37.2. The third-order valence-corrected chi connectivity index (χ3v) is 11.3. The summed E-state index contributed by atoms with van der Waals surface area (Å²) >= 11 is 0. The van der Waals surface area contributed by atoms with Crippen LogP contribution in [0.25, 0.3) is 0 Å². The van der Waals surface area contributed by atoms with Gasteiger partial charge in [0.2, 0.25) is 5.91 Å². The van der Waals surface area contributed by atoms with E-state index in [9.17, 15) is 15.0 Å². The van der Waals surface area contributed by atoms with Gasteiger partial charge in [0.25, 0.3) is 0 Å². The Hall–Kier alpha value is -1.39. The molecule has 2 atom stereocenters. The summed E-state index contributed by atoms with van der Waals surface area (Å²) in [4.78, 5) is 12.3. The van der Waals surface area contributed by atoms with Gasteiger partial charge in [0.05, 0.1) is 18.8 Å². The summed E-state index contributed by atoms with van der Waals surface area (Å²) in [5.41, 5.74) is 0. The van der Waals surface area contributed by atoms with Crippen molar-refractivity contribution in [2.45, 2.75) is 276 Å². The zero-order chi connectivity index (χ0) is 40.0. The number of carbonyl (C=O) groups is 1. The molecule has 0 spiro atoms. The van der Waals surface area contributed by atoms with Crippen LogP contribution in [0, 0.1) is 0 Å². The molecule has 4 nitrogen and oxygen atoms in total. The number of aliphatic hydroxyl groups excluding tert-OH is 2. The van der Waals surface area contributed by atoms with Crippen molar-refractivity contribution in [1.82, 2.24) is 5.32 Å². The first-order chi connectivity index (χ1) is 27.2. The number of unbranched alkanes of at least 4 members (excludes halogenated alkanes) is 34. The van der Waals surface area contributed by atoms with Crippen molar-refractivity contribution in [2.24, 2.45) is 0 Å². The molecule has 0 aromatic heterocycles. The first-order valence-electron chi connectivity index (χ1n) is 24.7. The van der Waals surface area contributed by atoms with E-state index in [0.29, 0.717) is 6.42 Å². The SMILES string of the molecule is CCC/C=C\CCCCCCCC(=O)NC(CO)C(O)/C=C/CC/C=C/CCCCCCCCCCCCCCCCCCCCCCCCCCCCC. The van der Waals surface area contributed by atoms with Gasteiger partial charge in [-0.05, 0) is 51.4 Å². The van der Waals surface area contributed by atoms with Crippen LogP contribution in [0.5, 0.6) is 0 Å². The summed E-state index contributed by atoms with van der Waals surface area (Å²) in [6, 6.07) is -0.641. The van der Waals surface area contributed by atoms with E-state index in [4.69, 9.17) is 0 Å². The van der Waals surface area contributed by atoms with E-state index in [-0.39, 0.29) is 12.5 Å². The van der Waals surface area contributed by atoms with Crippen LogP contribution in [-0.4, -0.2) is 34.9 Å². The van der Waals surface area contributed by atoms with Crippen molar-refractivity contribution in [2.75, 3.05) is 6.61 Å². The molecule has 4 heteroatoms. The second-order valence-electron chi connectivity index (χ2n) is 16.9. The topological polar surface area (TPSA) is 69.6 Å². The van der Waals surface area contributed by atoms with Crippen LogP contribution in [0.1, 0.15) is 264 Å². The average Bonchev–Trinajstić information content (AvgIpc) is 3.19. The molecule has 0 heterocycles. The number of rotatable bonds is 45. The van der Waals surface area contributed by atoms with Gasteiger partial charge in [-0.2, -0.15) is 0 Å². The van der Waals surface area contributed by atoms with Crippen LogP contribution in [0.4, 0.5) is 0 Å². The number of nitrogens with one attached hydrogen (secondary N) is 1. The summed E-state index contributed by atoms with van der Waals surface area (Å²) in [5.74, 6) is -0.0851. The van der Waals surface area contributed by atoms with Crippen molar-refractivity contribution in [3.05, 3.63) is 36.5 Å². The average molecular weight is 772 g/mol. The molecule has 0 saturated carbocycles. The second-order valence-corrected chi connectivity index (χ2v) is 16.9. The Morgan fingerprint density at radius 1 is 0.418 bits per heavy atom. The van der Waals surface area contributed by atoms with Crippen LogP contribution < -0.4 is 5.32 Å². The Balaban J connectivity index is 3.45. The highest BCUT2D eigenvalue weighted by atomic mass is 16.3. The standard InChI is InChI=1S/C51H97NO3/c1-3-5-7-9-11-13-15-16-17-18-19-20-21-22-23-24-25-26-27-28-29-30-31-32-33-34-35-36-37-38-40-42-44-46-50(54)49(48-53)52-51(55)47-45-43-41-39-14-12-10-8-6-4-2/h8,10,37-38,44,46,49-50,53-54H,3-7,9,11-36,39-43,45,47-48H2,1-2H3,(H,52,55)/b10-8-,38-37+,46-44+. The maximum atomic E-state index is 12.3. The number of hydrogen-bond donors (Lipinski definition) is 3. The van der Waals surface area contributed by atoms with E-state index < -0.39 is 12.1 Å². The van der Waals surface area contributed by atoms with E-state index in [1.54, 1.807) is 6.08 Å². The maximum Gasteiger partial charge on any atom is 0.220 e. The fraction of sp³-hybridized carbons (Fsp3) is 0.863. The molecule has 3 N–H and O–H groups in total. The lowest BCUT2D eigenvalue weighted by Crippen LogP contribution is -2.45. The van der Waals surface area contributed by atoms with E-state index >= 15 is 0 Å². The normalized spacial score (nSPS) is 13.2. The first-order valence-corrected chi connectivity index (χ1v) is 24.7. The molecule has 0 aromatic rings.